The molecule has 1 fully saturated rings. The Kier molecular flexibility index (Phi) is 5.34. The fourth-order valence-electron chi connectivity index (χ4n) is 2.78. The van der Waals surface area contributed by atoms with Crippen LogP contribution in [0.5, 0.6) is 0 Å². The van der Waals surface area contributed by atoms with Gasteiger partial charge in [-0.15, -0.1) is 0 Å². The van der Waals surface area contributed by atoms with Crippen LogP contribution in [0.15, 0.2) is 24.3 Å². The van der Waals surface area contributed by atoms with Gasteiger partial charge in [-0.1, -0.05) is 26.0 Å². The van der Waals surface area contributed by atoms with E-state index in [1.165, 1.54) is 6.07 Å². The summed E-state index contributed by atoms with van der Waals surface area (Å²) in [4.78, 5) is 0. The maximum absolute atomic E-state index is 13.3. The van der Waals surface area contributed by atoms with Gasteiger partial charge in [0, 0.05) is 12.6 Å². The molecule has 0 amide bonds. The van der Waals surface area contributed by atoms with Crippen LogP contribution in [-0.2, 0) is 11.2 Å². The quantitative estimate of drug-likeness (QED) is 0.853. The second kappa shape index (κ2) is 7.01. The predicted octanol–water partition coefficient (Wildman–Crippen LogP) is 3.16. The first-order valence-electron chi connectivity index (χ1n) is 7.30. The van der Waals surface area contributed by atoms with Crippen molar-refractivity contribution in [3.05, 3.63) is 35.6 Å². The number of hydrogen-bond donors (Lipinski definition) is 1. The van der Waals surface area contributed by atoms with Crippen LogP contribution in [0.25, 0.3) is 0 Å². The summed E-state index contributed by atoms with van der Waals surface area (Å²) in [5, 5.41) is 3.56. The van der Waals surface area contributed by atoms with Crippen LogP contribution < -0.4 is 5.32 Å². The van der Waals surface area contributed by atoms with Gasteiger partial charge in [0.1, 0.15) is 5.82 Å². The molecule has 1 aliphatic rings. The van der Waals surface area contributed by atoms with Gasteiger partial charge in [0.15, 0.2) is 0 Å². The van der Waals surface area contributed by atoms with Crippen molar-refractivity contribution < 1.29 is 9.13 Å². The summed E-state index contributed by atoms with van der Waals surface area (Å²) in [5.74, 6) is 0.412. The minimum atomic E-state index is -0.160. The first kappa shape index (κ1) is 14.5. The van der Waals surface area contributed by atoms with Crippen molar-refractivity contribution in [3.8, 4) is 0 Å². The van der Waals surface area contributed by atoms with Crippen LogP contribution >= 0.6 is 0 Å². The van der Waals surface area contributed by atoms with Gasteiger partial charge in [-0.05, 0) is 49.4 Å². The maximum atomic E-state index is 13.3. The number of nitrogens with one attached hydrogen (secondary N) is 1. The Morgan fingerprint density at radius 1 is 1.47 bits per heavy atom. The van der Waals surface area contributed by atoms with Crippen molar-refractivity contribution >= 4 is 0 Å². The summed E-state index contributed by atoms with van der Waals surface area (Å²) in [7, 11) is 0. The lowest BCUT2D eigenvalue weighted by Crippen LogP contribution is -2.44. The average molecular weight is 265 g/mol. The Bertz CT molecular complexity index is 396. The number of ether oxygens (including phenoxy) is 1. The highest BCUT2D eigenvalue weighted by Crippen LogP contribution is 2.25. The number of halogens is 1. The first-order valence-corrected chi connectivity index (χ1v) is 7.30. The van der Waals surface area contributed by atoms with Crippen molar-refractivity contribution in [2.45, 2.75) is 45.3 Å². The molecule has 1 aromatic rings. The summed E-state index contributed by atoms with van der Waals surface area (Å²) in [5.41, 5.74) is 1.04. The lowest BCUT2D eigenvalue weighted by Gasteiger charge is -2.27. The van der Waals surface area contributed by atoms with Crippen molar-refractivity contribution in [2.75, 3.05) is 13.2 Å². The zero-order chi connectivity index (χ0) is 13.7. The van der Waals surface area contributed by atoms with E-state index in [0.29, 0.717) is 5.92 Å². The van der Waals surface area contributed by atoms with Gasteiger partial charge < -0.3 is 10.1 Å². The SMILES string of the molecule is CCCNC(Cc1cccc(F)c1)C1OCCC1C. The Morgan fingerprint density at radius 3 is 2.95 bits per heavy atom. The van der Waals surface area contributed by atoms with Gasteiger partial charge in [0.25, 0.3) is 0 Å². The van der Waals surface area contributed by atoms with Crippen LogP contribution in [0.2, 0.25) is 0 Å². The lowest BCUT2D eigenvalue weighted by molar-refractivity contribution is 0.0610. The zero-order valence-electron chi connectivity index (χ0n) is 11.9. The summed E-state index contributed by atoms with van der Waals surface area (Å²) in [6.45, 7) is 6.22. The van der Waals surface area contributed by atoms with E-state index in [4.69, 9.17) is 4.74 Å². The third-order valence-electron chi connectivity index (χ3n) is 3.84. The highest BCUT2D eigenvalue weighted by molar-refractivity contribution is 5.18. The van der Waals surface area contributed by atoms with Crippen molar-refractivity contribution in [3.63, 3.8) is 0 Å². The largest absolute Gasteiger partial charge is 0.376 e. The zero-order valence-corrected chi connectivity index (χ0v) is 11.9. The number of rotatable bonds is 6. The van der Waals surface area contributed by atoms with E-state index in [-0.39, 0.29) is 18.0 Å². The fourth-order valence-corrected chi connectivity index (χ4v) is 2.78. The number of benzene rings is 1. The number of hydrogen-bond acceptors (Lipinski definition) is 2. The molecule has 2 nitrogen and oxygen atoms in total. The first-order chi connectivity index (χ1) is 9.20. The van der Waals surface area contributed by atoms with E-state index in [9.17, 15) is 4.39 Å². The highest BCUT2D eigenvalue weighted by Gasteiger charge is 2.31. The molecule has 19 heavy (non-hydrogen) atoms. The van der Waals surface area contributed by atoms with E-state index in [1.807, 2.05) is 6.07 Å². The predicted molar refractivity (Wildman–Crippen MR) is 75.7 cm³/mol. The van der Waals surface area contributed by atoms with Gasteiger partial charge in [-0.25, -0.2) is 4.39 Å². The molecule has 1 heterocycles. The minimum Gasteiger partial charge on any atom is -0.376 e. The second-order valence-electron chi connectivity index (χ2n) is 5.50. The monoisotopic (exact) mass is 265 g/mol. The van der Waals surface area contributed by atoms with Crippen molar-refractivity contribution in [1.82, 2.24) is 5.32 Å². The molecule has 3 unspecified atom stereocenters. The molecule has 0 spiro atoms. The summed E-state index contributed by atoms with van der Waals surface area (Å²) >= 11 is 0. The molecule has 0 saturated carbocycles. The molecule has 1 aromatic carbocycles. The van der Waals surface area contributed by atoms with Crippen LogP contribution in [-0.4, -0.2) is 25.3 Å². The second-order valence-corrected chi connectivity index (χ2v) is 5.50. The summed E-state index contributed by atoms with van der Waals surface area (Å²) < 4.78 is 19.1. The van der Waals surface area contributed by atoms with Crippen LogP contribution in [0.3, 0.4) is 0 Å². The molecular formula is C16H24FNO. The van der Waals surface area contributed by atoms with E-state index in [1.54, 1.807) is 12.1 Å². The third-order valence-corrected chi connectivity index (χ3v) is 3.84. The highest BCUT2D eigenvalue weighted by atomic mass is 19.1. The molecule has 0 aliphatic carbocycles. The molecule has 0 bridgehead atoms. The van der Waals surface area contributed by atoms with Crippen LogP contribution in [0.1, 0.15) is 32.3 Å². The van der Waals surface area contributed by atoms with E-state index < -0.39 is 0 Å². The smallest absolute Gasteiger partial charge is 0.123 e. The van der Waals surface area contributed by atoms with Gasteiger partial charge in [0.2, 0.25) is 0 Å². The van der Waals surface area contributed by atoms with Crippen molar-refractivity contribution in [2.24, 2.45) is 5.92 Å². The van der Waals surface area contributed by atoms with Crippen molar-refractivity contribution in [1.29, 1.82) is 0 Å². The third kappa shape index (κ3) is 4.02. The minimum absolute atomic E-state index is 0.160. The topological polar surface area (TPSA) is 21.3 Å². The Balaban J connectivity index is 2.04. The average Bonchev–Trinajstić information content (AvgIpc) is 2.81. The molecule has 106 valence electrons. The fraction of sp³-hybridized carbons (Fsp3) is 0.625. The van der Waals surface area contributed by atoms with Gasteiger partial charge in [0.05, 0.1) is 6.10 Å². The molecule has 0 aromatic heterocycles. The lowest BCUT2D eigenvalue weighted by atomic mass is 9.93. The van der Waals surface area contributed by atoms with E-state index >= 15 is 0 Å². The molecule has 1 saturated heterocycles. The summed E-state index contributed by atoms with van der Waals surface area (Å²) in [6, 6.07) is 7.16. The maximum Gasteiger partial charge on any atom is 0.123 e. The molecule has 2 rings (SSSR count). The Hall–Kier alpha value is -0.930. The molecule has 0 radical (unpaired) electrons. The molecule has 3 heteroatoms. The van der Waals surface area contributed by atoms with Crippen LogP contribution in [0, 0.1) is 11.7 Å². The Morgan fingerprint density at radius 2 is 2.32 bits per heavy atom. The van der Waals surface area contributed by atoms with E-state index in [0.717, 1.165) is 38.0 Å². The molecular weight excluding hydrogens is 241 g/mol. The molecule has 1 N–H and O–H groups in total. The van der Waals surface area contributed by atoms with Crippen LogP contribution in [0.4, 0.5) is 4.39 Å². The van der Waals surface area contributed by atoms with Gasteiger partial charge in [-0.3, -0.25) is 0 Å². The van der Waals surface area contributed by atoms with E-state index in [2.05, 4.69) is 19.2 Å². The standard InChI is InChI=1S/C16H24FNO/c1-3-8-18-15(16-12(2)7-9-19-16)11-13-5-4-6-14(17)10-13/h4-6,10,12,15-16,18H,3,7-9,11H2,1-2H3. The molecule has 1 aliphatic heterocycles. The van der Waals surface area contributed by atoms with Gasteiger partial charge >= 0.3 is 0 Å². The molecule has 3 atom stereocenters. The Labute approximate surface area is 115 Å². The normalized spacial score (nSPS) is 24.6. The van der Waals surface area contributed by atoms with Gasteiger partial charge in [-0.2, -0.15) is 0 Å². The summed E-state index contributed by atoms with van der Waals surface area (Å²) in [6.07, 6.45) is 3.29.